The first-order chi connectivity index (χ1) is 9.28. The van der Waals surface area contributed by atoms with Crippen LogP contribution in [0.25, 0.3) is 5.78 Å². The maximum absolute atomic E-state index is 11.8. The van der Waals surface area contributed by atoms with Gasteiger partial charge in [-0.15, -0.1) is 10.2 Å². The number of nitrogens with one attached hydrogen (secondary N) is 1. The first-order valence-electron chi connectivity index (χ1n) is 5.70. The molecule has 0 saturated heterocycles. The number of amides is 1. The first-order valence-corrected chi connectivity index (χ1v) is 5.70. The third-order valence-electron chi connectivity index (χ3n) is 2.18. The SMILES string of the molecule is CC(C)(C)OC(=O)Nc1c(C(=O)O)cnc2nncn12. The van der Waals surface area contributed by atoms with Crippen molar-refractivity contribution in [2.45, 2.75) is 26.4 Å². The molecule has 0 radical (unpaired) electrons. The van der Waals surface area contributed by atoms with Crippen LogP contribution in [0.15, 0.2) is 12.5 Å². The molecule has 20 heavy (non-hydrogen) atoms. The lowest BCUT2D eigenvalue weighted by atomic mass is 10.2. The van der Waals surface area contributed by atoms with Crippen molar-refractivity contribution in [3.8, 4) is 0 Å². The molecule has 106 valence electrons. The van der Waals surface area contributed by atoms with Gasteiger partial charge in [0.25, 0.3) is 5.78 Å². The molecule has 1 amide bonds. The first kappa shape index (κ1) is 13.7. The summed E-state index contributed by atoms with van der Waals surface area (Å²) < 4.78 is 6.34. The smallest absolute Gasteiger partial charge is 0.413 e. The largest absolute Gasteiger partial charge is 0.478 e. The van der Waals surface area contributed by atoms with Gasteiger partial charge in [0, 0.05) is 6.20 Å². The summed E-state index contributed by atoms with van der Waals surface area (Å²) in [4.78, 5) is 26.8. The van der Waals surface area contributed by atoms with Gasteiger partial charge < -0.3 is 9.84 Å². The Morgan fingerprint density at radius 2 is 2.10 bits per heavy atom. The van der Waals surface area contributed by atoms with Gasteiger partial charge in [-0.05, 0) is 20.8 Å². The number of nitrogens with zero attached hydrogens (tertiary/aromatic N) is 4. The topological polar surface area (TPSA) is 119 Å². The Morgan fingerprint density at radius 1 is 1.40 bits per heavy atom. The fraction of sp³-hybridized carbons (Fsp3) is 0.364. The van der Waals surface area contributed by atoms with Crippen LogP contribution in [0, 0.1) is 0 Å². The van der Waals surface area contributed by atoms with E-state index in [-0.39, 0.29) is 17.2 Å². The highest BCUT2D eigenvalue weighted by molar-refractivity contribution is 5.97. The summed E-state index contributed by atoms with van der Waals surface area (Å²) in [6.45, 7) is 5.10. The van der Waals surface area contributed by atoms with Crippen molar-refractivity contribution in [1.29, 1.82) is 0 Å². The molecule has 2 heterocycles. The summed E-state index contributed by atoms with van der Waals surface area (Å²) in [5.74, 6) is -1.08. The Bertz CT molecular complexity index is 673. The molecule has 2 rings (SSSR count). The lowest BCUT2D eigenvalue weighted by Crippen LogP contribution is -2.28. The highest BCUT2D eigenvalue weighted by atomic mass is 16.6. The number of hydrogen-bond donors (Lipinski definition) is 2. The van der Waals surface area contributed by atoms with Crippen LogP contribution in [0.3, 0.4) is 0 Å². The van der Waals surface area contributed by atoms with Gasteiger partial charge in [0.05, 0.1) is 0 Å². The monoisotopic (exact) mass is 279 g/mol. The molecule has 9 nitrogen and oxygen atoms in total. The highest BCUT2D eigenvalue weighted by Gasteiger charge is 2.21. The molecule has 9 heteroatoms. The van der Waals surface area contributed by atoms with Crippen molar-refractivity contribution >= 4 is 23.7 Å². The molecule has 0 aliphatic rings. The molecule has 0 unspecified atom stereocenters. The summed E-state index contributed by atoms with van der Waals surface area (Å²) in [7, 11) is 0. The van der Waals surface area contributed by atoms with Crippen LogP contribution < -0.4 is 5.32 Å². The Balaban J connectivity index is 2.41. The van der Waals surface area contributed by atoms with Crippen molar-refractivity contribution in [1.82, 2.24) is 19.6 Å². The molecule has 2 aromatic rings. The van der Waals surface area contributed by atoms with Crippen molar-refractivity contribution in [2.24, 2.45) is 0 Å². The molecular weight excluding hydrogens is 266 g/mol. The zero-order chi connectivity index (χ0) is 14.9. The van der Waals surface area contributed by atoms with Crippen LogP contribution in [0.4, 0.5) is 10.6 Å². The maximum atomic E-state index is 11.8. The van der Waals surface area contributed by atoms with Gasteiger partial charge in [-0.25, -0.2) is 14.6 Å². The van der Waals surface area contributed by atoms with Crippen LogP contribution in [0.2, 0.25) is 0 Å². The minimum atomic E-state index is -1.24. The van der Waals surface area contributed by atoms with Crippen molar-refractivity contribution in [2.75, 3.05) is 5.32 Å². The van der Waals surface area contributed by atoms with Gasteiger partial charge in [-0.1, -0.05) is 0 Å². The van der Waals surface area contributed by atoms with E-state index in [0.29, 0.717) is 0 Å². The molecule has 2 aromatic heterocycles. The van der Waals surface area contributed by atoms with Crippen molar-refractivity contribution < 1.29 is 19.4 Å². The number of anilines is 1. The fourth-order valence-electron chi connectivity index (χ4n) is 1.47. The van der Waals surface area contributed by atoms with Gasteiger partial charge in [0.15, 0.2) is 0 Å². The zero-order valence-electron chi connectivity index (χ0n) is 11.1. The fourth-order valence-corrected chi connectivity index (χ4v) is 1.47. The Labute approximate surface area is 113 Å². The number of aromatic nitrogens is 4. The van der Waals surface area contributed by atoms with Crippen LogP contribution >= 0.6 is 0 Å². The molecule has 0 saturated carbocycles. The third-order valence-corrected chi connectivity index (χ3v) is 2.18. The zero-order valence-corrected chi connectivity index (χ0v) is 11.1. The van der Waals surface area contributed by atoms with E-state index in [1.54, 1.807) is 20.8 Å². The molecule has 0 bridgehead atoms. The van der Waals surface area contributed by atoms with Gasteiger partial charge >= 0.3 is 12.1 Å². The van der Waals surface area contributed by atoms with E-state index in [9.17, 15) is 9.59 Å². The highest BCUT2D eigenvalue weighted by Crippen LogP contribution is 2.17. The maximum Gasteiger partial charge on any atom is 0.413 e. The minimum absolute atomic E-state index is 0.0123. The summed E-state index contributed by atoms with van der Waals surface area (Å²) in [5.41, 5.74) is -0.893. The van der Waals surface area contributed by atoms with Crippen molar-refractivity contribution in [3.05, 3.63) is 18.1 Å². The van der Waals surface area contributed by atoms with Gasteiger partial charge in [0.1, 0.15) is 23.3 Å². The molecule has 0 aromatic carbocycles. The lowest BCUT2D eigenvalue weighted by Gasteiger charge is -2.20. The Hall–Kier alpha value is -2.71. The number of fused-ring (bicyclic) bond motifs is 1. The second kappa shape index (κ2) is 4.76. The molecule has 0 aliphatic carbocycles. The quantitative estimate of drug-likeness (QED) is 0.846. The van der Waals surface area contributed by atoms with E-state index >= 15 is 0 Å². The van der Waals surface area contributed by atoms with E-state index in [1.165, 1.54) is 10.7 Å². The minimum Gasteiger partial charge on any atom is -0.478 e. The van der Waals surface area contributed by atoms with Crippen LogP contribution in [0.5, 0.6) is 0 Å². The van der Waals surface area contributed by atoms with E-state index < -0.39 is 17.7 Å². The molecule has 0 aliphatic heterocycles. The van der Waals surface area contributed by atoms with Crippen LogP contribution in [-0.4, -0.2) is 42.4 Å². The summed E-state index contributed by atoms with van der Waals surface area (Å²) in [5, 5.41) is 18.8. The number of hydrogen-bond acceptors (Lipinski definition) is 6. The standard InChI is InChI=1S/C11H13N5O4/c1-11(2,3)20-10(19)14-7-6(8(17)18)4-12-9-15-13-5-16(7)9/h4-5H,1-3H3,(H,14,19)(H,17,18). The summed E-state index contributed by atoms with van der Waals surface area (Å²) >= 11 is 0. The molecule has 2 N–H and O–H groups in total. The van der Waals surface area contributed by atoms with Crippen molar-refractivity contribution in [3.63, 3.8) is 0 Å². The van der Waals surface area contributed by atoms with E-state index in [1.807, 2.05) is 0 Å². The average Bonchev–Trinajstić information content (AvgIpc) is 2.74. The second-order valence-corrected chi connectivity index (χ2v) is 4.95. The van der Waals surface area contributed by atoms with Gasteiger partial charge in [-0.2, -0.15) is 0 Å². The van der Waals surface area contributed by atoms with Gasteiger partial charge in [0.2, 0.25) is 0 Å². The van der Waals surface area contributed by atoms with Crippen LogP contribution in [-0.2, 0) is 4.74 Å². The Morgan fingerprint density at radius 3 is 2.70 bits per heavy atom. The number of carbonyl (C=O) groups excluding carboxylic acids is 1. The molecule has 0 fully saturated rings. The number of ether oxygens (including phenoxy) is 1. The predicted molar refractivity (Wildman–Crippen MR) is 67.6 cm³/mol. The molecule has 0 atom stereocenters. The van der Waals surface area contributed by atoms with Gasteiger partial charge in [-0.3, -0.25) is 9.72 Å². The Kier molecular flexibility index (Phi) is 3.26. The average molecular weight is 279 g/mol. The third kappa shape index (κ3) is 2.82. The number of carboxylic acids is 1. The second-order valence-electron chi connectivity index (χ2n) is 4.95. The van der Waals surface area contributed by atoms with E-state index in [4.69, 9.17) is 9.84 Å². The normalized spacial score (nSPS) is 11.3. The lowest BCUT2D eigenvalue weighted by molar-refractivity contribution is 0.0635. The van der Waals surface area contributed by atoms with Crippen LogP contribution in [0.1, 0.15) is 31.1 Å². The molecular formula is C11H13N5O4. The number of aromatic carboxylic acids is 1. The van der Waals surface area contributed by atoms with E-state index in [2.05, 4.69) is 20.5 Å². The predicted octanol–water partition coefficient (Wildman–Crippen LogP) is 1.17. The number of rotatable bonds is 2. The number of carbonyl (C=O) groups is 2. The molecule has 0 spiro atoms. The summed E-state index contributed by atoms with van der Waals surface area (Å²) in [6.07, 6.45) is 1.57. The summed E-state index contributed by atoms with van der Waals surface area (Å²) in [6, 6.07) is 0. The van der Waals surface area contributed by atoms with E-state index in [0.717, 1.165) is 6.20 Å². The number of carboxylic acid groups (broad SMARTS) is 1.